The van der Waals surface area contributed by atoms with Gasteiger partial charge in [0.25, 0.3) is 0 Å². The molecule has 0 aliphatic rings. The van der Waals surface area contributed by atoms with Crippen LogP contribution < -0.4 is 10.1 Å². The Kier molecular flexibility index (Phi) is 6.19. The lowest BCUT2D eigenvalue weighted by atomic mass is 10.2. The van der Waals surface area contributed by atoms with E-state index in [4.69, 9.17) is 4.74 Å². The van der Waals surface area contributed by atoms with Crippen LogP contribution in [0.15, 0.2) is 24.3 Å². The van der Waals surface area contributed by atoms with E-state index in [2.05, 4.69) is 5.32 Å². The van der Waals surface area contributed by atoms with Gasteiger partial charge in [0.05, 0.1) is 6.61 Å². The van der Waals surface area contributed by atoms with Crippen LogP contribution in [-0.4, -0.2) is 18.6 Å². The molecule has 1 unspecified atom stereocenters. The van der Waals surface area contributed by atoms with Crippen LogP contribution in [0.1, 0.15) is 33.1 Å². The second kappa shape index (κ2) is 7.69. The van der Waals surface area contributed by atoms with Crippen molar-refractivity contribution >= 4 is 5.91 Å². The summed E-state index contributed by atoms with van der Waals surface area (Å²) >= 11 is 0. The van der Waals surface area contributed by atoms with Crippen LogP contribution in [-0.2, 0) is 4.79 Å². The predicted molar refractivity (Wildman–Crippen MR) is 69.0 cm³/mol. The van der Waals surface area contributed by atoms with Crippen molar-refractivity contribution in [1.82, 2.24) is 5.32 Å². The highest BCUT2D eigenvalue weighted by Gasteiger charge is 2.05. The molecule has 0 fully saturated rings. The largest absolute Gasteiger partial charge is 0.494 e. The Morgan fingerprint density at radius 3 is 2.67 bits per heavy atom. The number of halogens is 1. The molecule has 18 heavy (non-hydrogen) atoms. The summed E-state index contributed by atoms with van der Waals surface area (Å²) in [6, 6.07) is 6.08. The molecule has 1 rings (SSSR count). The van der Waals surface area contributed by atoms with Crippen molar-refractivity contribution < 1.29 is 13.9 Å². The van der Waals surface area contributed by atoms with Crippen molar-refractivity contribution in [3.63, 3.8) is 0 Å². The first-order chi connectivity index (χ1) is 8.61. The molecule has 1 aromatic carbocycles. The van der Waals surface area contributed by atoms with Crippen LogP contribution in [0.2, 0.25) is 0 Å². The van der Waals surface area contributed by atoms with Gasteiger partial charge in [0, 0.05) is 12.5 Å². The molecule has 0 radical (unpaired) electrons. The molecule has 0 saturated heterocycles. The summed E-state index contributed by atoms with van der Waals surface area (Å²) in [7, 11) is 0. The molecule has 0 aliphatic carbocycles. The van der Waals surface area contributed by atoms with Gasteiger partial charge in [-0.2, -0.15) is 0 Å². The SMILES string of the molecule is CCC(C)NC(=O)CCCOc1ccc(F)cc1. The number of amides is 1. The zero-order valence-corrected chi connectivity index (χ0v) is 10.9. The smallest absolute Gasteiger partial charge is 0.220 e. The van der Waals surface area contributed by atoms with Crippen molar-refractivity contribution in [2.75, 3.05) is 6.61 Å². The van der Waals surface area contributed by atoms with Gasteiger partial charge >= 0.3 is 0 Å². The van der Waals surface area contributed by atoms with Gasteiger partial charge in [-0.15, -0.1) is 0 Å². The van der Waals surface area contributed by atoms with Gasteiger partial charge in [-0.05, 0) is 44.0 Å². The summed E-state index contributed by atoms with van der Waals surface area (Å²) in [4.78, 5) is 11.5. The third-order valence-electron chi connectivity index (χ3n) is 2.65. The predicted octanol–water partition coefficient (Wildman–Crippen LogP) is 2.90. The fraction of sp³-hybridized carbons (Fsp3) is 0.500. The Hall–Kier alpha value is -1.58. The molecule has 0 bridgehead atoms. The first kappa shape index (κ1) is 14.5. The number of rotatable bonds is 7. The van der Waals surface area contributed by atoms with E-state index in [1.54, 1.807) is 12.1 Å². The number of carbonyl (C=O) groups excluding carboxylic acids is 1. The Labute approximate surface area is 107 Å². The third kappa shape index (κ3) is 5.66. The average Bonchev–Trinajstić information content (AvgIpc) is 2.36. The number of ether oxygens (including phenoxy) is 1. The first-order valence-electron chi connectivity index (χ1n) is 6.29. The van der Waals surface area contributed by atoms with Crippen LogP contribution in [0.25, 0.3) is 0 Å². The summed E-state index contributed by atoms with van der Waals surface area (Å²) in [5.41, 5.74) is 0. The van der Waals surface area contributed by atoms with Crippen molar-refractivity contribution in [3.05, 3.63) is 30.1 Å². The van der Waals surface area contributed by atoms with Crippen molar-refractivity contribution in [3.8, 4) is 5.75 Å². The minimum absolute atomic E-state index is 0.0482. The van der Waals surface area contributed by atoms with E-state index in [9.17, 15) is 9.18 Å². The van der Waals surface area contributed by atoms with Crippen LogP contribution in [0.5, 0.6) is 5.75 Å². The van der Waals surface area contributed by atoms with E-state index in [1.807, 2.05) is 13.8 Å². The van der Waals surface area contributed by atoms with Crippen molar-refractivity contribution in [2.24, 2.45) is 0 Å². The van der Waals surface area contributed by atoms with E-state index < -0.39 is 0 Å². The van der Waals surface area contributed by atoms with Crippen LogP contribution in [0.4, 0.5) is 4.39 Å². The average molecular weight is 253 g/mol. The maximum atomic E-state index is 12.6. The van der Waals surface area contributed by atoms with Crippen LogP contribution in [0, 0.1) is 5.82 Å². The van der Waals surface area contributed by atoms with Crippen LogP contribution in [0.3, 0.4) is 0 Å². The minimum Gasteiger partial charge on any atom is -0.494 e. The van der Waals surface area contributed by atoms with Crippen molar-refractivity contribution in [1.29, 1.82) is 0 Å². The highest BCUT2D eigenvalue weighted by molar-refractivity contribution is 5.76. The number of hydrogen-bond donors (Lipinski definition) is 1. The van der Waals surface area contributed by atoms with Crippen molar-refractivity contribution in [2.45, 2.75) is 39.2 Å². The summed E-state index contributed by atoms with van der Waals surface area (Å²) in [6.45, 7) is 4.47. The maximum Gasteiger partial charge on any atom is 0.220 e. The Morgan fingerprint density at radius 1 is 1.39 bits per heavy atom. The summed E-state index contributed by atoms with van der Waals surface area (Å²) in [6.07, 6.45) is 2.03. The van der Waals surface area contributed by atoms with E-state index in [-0.39, 0.29) is 17.8 Å². The van der Waals surface area contributed by atoms with E-state index in [0.717, 1.165) is 6.42 Å². The molecule has 1 N–H and O–H groups in total. The molecular formula is C14H20FNO2. The molecule has 100 valence electrons. The molecule has 0 spiro atoms. The molecule has 0 heterocycles. The first-order valence-corrected chi connectivity index (χ1v) is 6.29. The second-order valence-corrected chi connectivity index (χ2v) is 4.28. The molecule has 0 aromatic heterocycles. The summed E-state index contributed by atoms with van der Waals surface area (Å²) in [5, 5.41) is 2.89. The Balaban J connectivity index is 2.15. The lowest BCUT2D eigenvalue weighted by Gasteiger charge is -2.11. The molecular weight excluding hydrogens is 233 g/mol. The number of hydrogen-bond acceptors (Lipinski definition) is 2. The molecule has 3 nitrogen and oxygen atoms in total. The van der Waals surface area contributed by atoms with Crippen LogP contribution >= 0.6 is 0 Å². The van der Waals surface area contributed by atoms with Gasteiger partial charge in [-0.1, -0.05) is 6.92 Å². The topological polar surface area (TPSA) is 38.3 Å². The monoisotopic (exact) mass is 253 g/mol. The van der Waals surface area contributed by atoms with E-state index >= 15 is 0 Å². The second-order valence-electron chi connectivity index (χ2n) is 4.28. The quantitative estimate of drug-likeness (QED) is 0.759. The molecule has 4 heteroatoms. The lowest BCUT2D eigenvalue weighted by molar-refractivity contribution is -0.121. The number of carbonyl (C=O) groups is 1. The fourth-order valence-electron chi connectivity index (χ4n) is 1.40. The maximum absolute atomic E-state index is 12.6. The Bertz CT molecular complexity index is 365. The third-order valence-corrected chi connectivity index (χ3v) is 2.65. The molecule has 0 aliphatic heterocycles. The van der Waals surface area contributed by atoms with Gasteiger partial charge in [0.15, 0.2) is 0 Å². The molecule has 1 amide bonds. The highest BCUT2D eigenvalue weighted by atomic mass is 19.1. The molecule has 1 atom stereocenters. The number of benzene rings is 1. The van der Waals surface area contributed by atoms with Gasteiger partial charge in [-0.3, -0.25) is 4.79 Å². The molecule has 0 saturated carbocycles. The Morgan fingerprint density at radius 2 is 2.06 bits per heavy atom. The standard InChI is InChI=1S/C14H20FNO2/c1-3-11(2)16-14(17)5-4-10-18-13-8-6-12(15)7-9-13/h6-9,11H,3-5,10H2,1-2H3,(H,16,17). The normalized spacial score (nSPS) is 11.9. The number of nitrogens with one attached hydrogen (secondary N) is 1. The van der Waals surface area contributed by atoms with Gasteiger partial charge in [-0.25, -0.2) is 4.39 Å². The zero-order chi connectivity index (χ0) is 13.4. The fourth-order valence-corrected chi connectivity index (χ4v) is 1.40. The summed E-state index contributed by atoms with van der Waals surface area (Å²) < 4.78 is 18.0. The lowest BCUT2D eigenvalue weighted by Crippen LogP contribution is -2.31. The summed E-state index contributed by atoms with van der Waals surface area (Å²) in [5.74, 6) is 0.390. The highest BCUT2D eigenvalue weighted by Crippen LogP contribution is 2.11. The zero-order valence-electron chi connectivity index (χ0n) is 10.9. The van der Waals surface area contributed by atoms with E-state index in [1.165, 1.54) is 12.1 Å². The van der Waals surface area contributed by atoms with Gasteiger partial charge in [0.1, 0.15) is 11.6 Å². The van der Waals surface area contributed by atoms with E-state index in [0.29, 0.717) is 25.2 Å². The van der Waals surface area contributed by atoms with Gasteiger partial charge in [0.2, 0.25) is 5.91 Å². The molecule has 1 aromatic rings. The van der Waals surface area contributed by atoms with Gasteiger partial charge < -0.3 is 10.1 Å². The minimum atomic E-state index is -0.282.